The number of piperazine rings is 1. The quantitative estimate of drug-likeness (QED) is 0.433. The number of nitrogens with zero attached hydrogens (tertiary/aromatic N) is 4. The number of alkyl halides is 3. The molecule has 36 heavy (non-hydrogen) atoms. The molecule has 0 radical (unpaired) electrons. The van der Waals surface area contributed by atoms with Crippen LogP contribution in [0.4, 0.5) is 23.2 Å². The molecule has 1 aromatic carbocycles. The molecule has 0 unspecified atom stereocenters. The minimum atomic E-state index is -4.69. The zero-order chi connectivity index (χ0) is 25.4. The summed E-state index contributed by atoms with van der Waals surface area (Å²) in [5.74, 6) is -1.35. The van der Waals surface area contributed by atoms with Gasteiger partial charge in [0.25, 0.3) is 5.91 Å². The lowest BCUT2D eigenvalue weighted by Crippen LogP contribution is -2.52. The Bertz CT molecular complexity index is 1410. The molecular weight excluding hydrogens is 500 g/mol. The maximum atomic E-state index is 14.7. The van der Waals surface area contributed by atoms with Crippen LogP contribution in [0.1, 0.15) is 64.8 Å². The Kier molecular flexibility index (Phi) is 5.30. The number of rotatable bonds is 4. The van der Waals surface area contributed by atoms with Crippen LogP contribution < -0.4 is 4.90 Å². The molecule has 188 valence electrons. The summed E-state index contributed by atoms with van der Waals surface area (Å²) in [6.45, 7) is -0.279. The Balaban J connectivity index is 1.27. The molecule has 3 aromatic rings. The third-order valence-electron chi connectivity index (χ3n) is 7.06. The number of fused-ring (bicyclic) bond motifs is 1. The number of carbonyl (C=O) groups is 2. The number of amides is 2. The maximum absolute atomic E-state index is 14.7. The van der Waals surface area contributed by atoms with Gasteiger partial charge in [0.15, 0.2) is 5.69 Å². The van der Waals surface area contributed by atoms with E-state index in [0.717, 1.165) is 37.3 Å². The first-order valence-corrected chi connectivity index (χ1v) is 12.2. The molecule has 0 spiro atoms. The molecule has 11 heteroatoms. The predicted octanol–water partition coefficient (Wildman–Crippen LogP) is 5.39. The van der Waals surface area contributed by atoms with Gasteiger partial charge in [-0.1, -0.05) is 17.7 Å². The molecule has 3 heterocycles. The highest BCUT2D eigenvalue weighted by molar-refractivity contribution is 6.36. The maximum Gasteiger partial charge on any atom is 0.433 e. The smallest absolute Gasteiger partial charge is 0.326 e. The topological polar surface area (TPSA) is 57.9 Å². The van der Waals surface area contributed by atoms with Gasteiger partial charge in [-0.15, -0.1) is 0 Å². The summed E-state index contributed by atoms with van der Waals surface area (Å²) in [6.07, 6.45) is -1.06. The van der Waals surface area contributed by atoms with E-state index in [1.807, 2.05) is 6.07 Å². The Hall–Kier alpha value is -3.14. The van der Waals surface area contributed by atoms with Crippen LogP contribution in [0.3, 0.4) is 0 Å². The zero-order valence-electron chi connectivity index (χ0n) is 19.0. The molecule has 2 amide bonds. The average Bonchev–Trinajstić information content (AvgIpc) is 3.75. The van der Waals surface area contributed by atoms with Crippen molar-refractivity contribution in [1.29, 1.82) is 0 Å². The first kappa shape index (κ1) is 23.3. The van der Waals surface area contributed by atoms with Gasteiger partial charge >= 0.3 is 6.18 Å². The van der Waals surface area contributed by atoms with E-state index < -0.39 is 29.5 Å². The zero-order valence-corrected chi connectivity index (χ0v) is 19.7. The molecular formula is C25H21ClF4N4O2. The summed E-state index contributed by atoms with van der Waals surface area (Å²) in [6, 6.07) is 7.42. The number of hydrogen-bond acceptors (Lipinski definition) is 3. The monoisotopic (exact) mass is 520 g/mol. The van der Waals surface area contributed by atoms with Gasteiger partial charge in [-0.3, -0.25) is 9.59 Å². The van der Waals surface area contributed by atoms with Gasteiger partial charge in [-0.2, -0.15) is 18.3 Å². The SMILES string of the molecule is O=C(c1nn2c(C(F)(F)F)cc(C3CC3)cc2c1Cl)N1CCN(c2ccc(C3CC3)cc2F)C(=O)C1. The molecule has 3 fully saturated rings. The molecule has 3 aliphatic rings. The molecule has 2 aliphatic carbocycles. The number of aromatic nitrogens is 2. The molecule has 6 nitrogen and oxygen atoms in total. The molecule has 0 bridgehead atoms. The van der Waals surface area contributed by atoms with Crippen LogP contribution in [-0.2, 0) is 11.0 Å². The Morgan fingerprint density at radius 3 is 2.31 bits per heavy atom. The van der Waals surface area contributed by atoms with Crippen LogP contribution in [0.25, 0.3) is 5.52 Å². The second kappa shape index (κ2) is 8.19. The molecule has 1 saturated heterocycles. The van der Waals surface area contributed by atoms with E-state index in [2.05, 4.69) is 5.10 Å². The average molecular weight is 521 g/mol. The molecule has 6 rings (SSSR count). The molecule has 2 saturated carbocycles. The van der Waals surface area contributed by atoms with E-state index in [1.165, 1.54) is 21.9 Å². The van der Waals surface area contributed by atoms with Crippen molar-refractivity contribution in [1.82, 2.24) is 14.5 Å². The van der Waals surface area contributed by atoms with Crippen molar-refractivity contribution in [2.45, 2.75) is 43.7 Å². The third kappa shape index (κ3) is 4.01. The standard InChI is InChI=1S/C25H21ClF4N4O2/c26-22-19-10-16(14-3-4-14)11-20(25(28,29)30)34(19)31-23(22)24(36)32-7-8-33(21(35)12-32)18-6-5-15(9-17(18)27)13-1-2-13/h5-6,9-11,13-14H,1-4,7-8,12H2. The van der Waals surface area contributed by atoms with Crippen molar-refractivity contribution < 1.29 is 27.2 Å². The molecule has 2 aromatic heterocycles. The summed E-state index contributed by atoms with van der Waals surface area (Å²) in [5, 5.41) is 3.72. The van der Waals surface area contributed by atoms with Crippen LogP contribution in [0.2, 0.25) is 5.02 Å². The first-order valence-electron chi connectivity index (χ1n) is 11.8. The molecule has 1 aliphatic heterocycles. The van der Waals surface area contributed by atoms with Crippen LogP contribution in [0, 0.1) is 5.82 Å². The Morgan fingerprint density at radius 2 is 1.69 bits per heavy atom. The van der Waals surface area contributed by atoms with Crippen molar-refractivity contribution in [2.75, 3.05) is 24.5 Å². The van der Waals surface area contributed by atoms with Crippen LogP contribution in [0.5, 0.6) is 0 Å². The Labute approximate surface area is 208 Å². The van der Waals surface area contributed by atoms with Crippen molar-refractivity contribution in [3.63, 3.8) is 0 Å². The highest BCUT2D eigenvalue weighted by Gasteiger charge is 2.39. The normalized spacial score (nSPS) is 18.9. The van der Waals surface area contributed by atoms with Crippen molar-refractivity contribution in [2.24, 2.45) is 0 Å². The highest BCUT2D eigenvalue weighted by Crippen LogP contribution is 2.44. The van der Waals surface area contributed by atoms with Crippen LogP contribution in [-0.4, -0.2) is 46.0 Å². The van der Waals surface area contributed by atoms with E-state index in [4.69, 9.17) is 11.6 Å². The Morgan fingerprint density at radius 1 is 1.00 bits per heavy atom. The van der Waals surface area contributed by atoms with E-state index in [9.17, 15) is 27.2 Å². The third-order valence-corrected chi connectivity index (χ3v) is 7.43. The fraction of sp³-hybridized carbons (Fsp3) is 0.400. The first-order chi connectivity index (χ1) is 17.1. The lowest BCUT2D eigenvalue weighted by Gasteiger charge is -2.34. The summed E-state index contributed by atoms with van der Waals surface area (Å²) in [4.78, 5) is 28.5. The van der Waals surface area contributed by atoms with Crippen molar-refractivity contribution in [3.05, 3.63) is 63.7 Å². The van der Waals surface area contributed by atoms with Crippen LogP contribution >= 0.6 is 11.6 Å². The number of benzene rings is 1. The van der Waals surface area contributed by atoms with E-state index in [1.54, 1.807) is 6.07 Å². The fourth-order valence-electron chi connectivity index (χ4n) is 4.79. The summed E-state index contributed by atoms with van der Waals surface area (Å²) < 4.78 is 56.6. The van der Waals surface area contributed by atoms with E-state index >= 15 is 0 Å². The number of hydrogen-bond donors (Lipinski definition) is 0. The lowest BCUT2D eigenvalue weighted by molar-refractivity contribution is -0.142. The number of anilines is 1. The van der Waals surface area contributed by atoms with E-state index in [0.29, 0.717) is 16.0 Å². The van der Waals surface area contributed by atoms with Gasteiger partial charge < -0.3 is 9.80 Å². The van der Waals surface area contributed by atoms with Crippen LogP contribution in [0.15, 0.2) is 30.3 Å². The van der Waals surface area contributed by atoms with Gasteiger partial charge in [0.1, 0.15) is 18.1 Å². The van der Waals surface area contributed by atoms with Crippen molar-refractivity contribution in [3.8, 4) is 0 Å². The number of halogens is 5. The van der Waals surface area contributed by atoms with Gasteiger partial charge in [0.2, 0.25) is 5.91 Å². The van der Waals surface area contributed by atoms with Gasteiger partial charge in [-0.05, 0) is 72.9 Å². The number of carbonyl (C=O) groups excluding carboxylic acids is 2. The number of pyridine rings is 1. The lowest BCUT2D eigenvalue weighted by atomic mass is 10.1. The van der Waals surface area contributed by atoms with E-state index in [-0.39, 0.29) is 47.5 Å². The summed E-state index contributed by atoms with van der Waals surface area (Å²) in [7, 11) is 0. The molecule has 0 N–H and O–H groups in total. The fourth-order valence-corrected chi connectivity index (χ4v) is 5.05. The van der Waals surface area contributed by atoms with Crippen molar-refractivity contribution >= 4 is 34.6 Å². The largest absolute Gasteiger partial charge is 0.433 e. The minimum absolute atomic E-state index is 0.000437. The highest BCUT2D eigenvalue weighted by atomic mass is 35.5. The van der Waals surface area contributed by atoms with Gasteiger partial charge in [0.05, 0.1) is 16.2 Å². The second-order valence-corrected chi connectivity index (χ2v) is 10.0. The van der Waals surface area contributed by atoms with Gasteiger partial charge in [0, 0.05) is 13.1 Å². The van der Waals surface area contributed by atoms with Gasteiger partial charge in [-0.25, -0.2) is 8.91 Å². The minimum Gasteiger partial charge on any atom is -0.326 e. The summed E-state index contributed by atoms with van der Waals surface area (Å²) >= 11 is 6.37. The molecule has 0 atom stereocenters. The predicted molar refractivity (Wildman–Crippen MR) is 124 cm³/mol. The summed E-state index contributed by atoms with van der Waals surface area (Å²) in [5.41, 5.74) is 0.200. The second-order valence-electron chi connectivity index (χ2n) is 9.66.